The molecule has 0 radical (unpaired) electrons. The number of hydrogen-bond acceptors (Lipinski definition) is 17. The van der Waals surface area contributed by atoms with Crippen molar-refractivity contribution >= 4 is 82.6 Å². The number of anilines is 2. The maximum absolute atomic E-state index is 13.5. The molecule has 7 heterocycles. The zero-order valence-corrected chi connectivity index (χ0v) is 26.1. The molecule has 2 bridgehead atoms. The molecule has 8 atom stereocenters. The number of hydrogen-bond donors (Lipinski definition) is 4. The Morgan fingerprint density at radius 3 is 2.35 bits per heavy atom. The fraction of sp³-hybridized carbons (Fsp3) is 0.500. The van der Waals surface area contributed by atoms with E-state index < -0.39 is 55.3 Å². The zero-order valence-electron chi connectivity index (χ0n) is 21.7. The van der Waals surface area contributed by atoms with Crippen LogP contribution in [0, 0.1) is 0 Å². The number of nitrogen functional groups attached to an aromatic ring is 2. The van der Waals surface area contributed by atoms with Gasteiger partial charge in [0.05, 0.1) is 25.6 Å². The van der Waals surface area contributed by atoms with Gasteiger partial charge in [0.2, 0.25) is 0 Å². The van der Waals surface area contributed by atoms with Crippen LogP contribution in [0.3, 0.4) is 0 Å². The number of thiol groups is 2. The number of imidazole rings is 1. The minimum Gasteiger partial charge on any atom is -0.382 e. The van der Waals surface area contributed by atoms with Crippen molar-refractivity contribution in [2.24, 2.45) is 0 Å². The Bertz CT molecular complexity index is 1870. The van der Waals surface area contributed by atoms with Gasteiger partial charge in [0.25, 0.3) is 0 Å². The molecule has 0 amide bonds. The lowest BCUT2D eigenvalue weighted by Gasteiger charge is -2.25. The monoisotopic (exact) mass is 691 g/mol. The Hall–Kier alpha value is -2.16. The molecular formula is C20H23N9O9P2S3. The summed E-state index contributed by atoms with van der Waals surface area (Å²) in [6, 6.07) is 0. The maximum atomic E-state index is 13.5. The first kappa shape index (κ1) is 29.5. The van der Waals surface area contributed by atoms with Crippen molar-refractivity contribution in [1.82, 2.24) is 34.1 Å². The highest BCUT2D eigenvalue weighted by atomic mass is 32.7. The van der Waals surface area contributed by atoms with E-state index in [2.05, 4.69) is 49.4 Å². The molecular weight excluding hydrogens is 668 g/mol. The Morgan fingerprint density at radius 1 is 0.860 bits per heavy atom. The SMILES string of the molecule is Nc1ncnc2c1ncn2[C@H]1C[C@H]2OP(=O)(S)OCC3C[C@@H](OP(=O)(S)OC[C@H]2O1)[C@H](n1c(=O)sc2c(N)ncnc21)O3. The Balaban J connectivity index is 1.18. The van der Waals surface area contributed by atoms with Crippen molar-refractivity contribution in [3.63, 3.8) is 0 Å². The second-order valence-corrected chi connectivity index (χ2v) is 16.5. The van der Waals surface area contributed by atoms with E-state index >= 15 is 0 Å². The lowest BCUT2D eigenvalue weighted by atomic mass is 10.2. The second kappa shape index (κ2) is 11.0. The van der Waals surface area contributed by atoms with Crippen molar-refractivity contribution in [2.75, 3.05) is 24.7 Å². The molecule has 0 spiro atoms. The van der Waals surface area contributed by atoms with Gasteiger partial charge >= 0.3 is 18.5 Å². The molecule has 0 aromatic carbocycles. The van der Waals surface area contributed by atoms with Gasteiger partial charge in [-0.25, -0.2) is 34.0 Å². The summed E-state index contributed by atoms with van der Waals surface area (Å²) >= 11 is 9.17. The summed E-state index contributed by atoms with van der Waals surface area (Å²) < 4.78 is 65.1. The van der Waals surface area contributed by atoms with Crippen LogP contribution in [-0.2, 0) is 36.7 Å². The highest BCUT2D eigenvalue weighted by Crippen LogP contribution is 2.60. The van der Waals surface area contributed by atoms with Crippen LogP contribution < -0.4 is 16.3 Å². The quantitative estimate of drug-likeness (QED) is 0.174. The number of aromatic nitrogens is 7. The maximum Gasteiger partial charge on any atom is 0.386 e. The number of rotatable bonds is 2. The van der Waals surface area contributed by atoms with Gasteiger partial charge in [-0.3, -0.25) is 32.0 Å². The van der Waals surface area contributed by atoms with E-state index in [1.54, 1.807) is 4.57 Å². The molecule has 3 aliphatic rings. The summed E-state index contributed by atoms with van der Waals surface area (Å²) in [5.41, 5.74) is 12.8. The number of fused-ring (bicyclic) bond motifs is 5. The van der Waals surface area contributed by atoms with E-state index in [0.29, 0.717) is 15.9 Å². The Labute approximate surface area is 255 Å². The average molecular weight is 692 g/mol. The third kappa shape index (κ3) is 5.61. The molecule has 230 valence electrons. The molecule has 4 aromatic heterocycles. The predicted molar refractivity (Wildman–Crippen MR) is 158 cm³/mol. The van der Waals surface area contributed by atoms with E-state index in [1.807, 2.05) is 0 Å². The Morgan fingerprint density at radius 2 is 1.56 bits per heavy atom. The van der Waals surface area contributed by atoms with Crippen molar-refractivity contribution in [3.05, 3.63) is 28.6 Å². The smallest absolute Gasteiger partial charge is 0.382 e. The van der Waals surface area contributed by atoms with Gasteiger partial charge in [0.15, 0.2) is 23.3 Å². The van der Waals surface area contributed by atoms with Gasteiger partial charge in [0.1, 0.15) is 53.2 Å². The number of thiazole rings is 1. The minimum atomic E-state index is -4.11. The van der Waals surface area contributed by atoms with Gasteiger partial charge in [-0.2, -0.15) is 0 Å². The van der Waals surface area contributed by atoms with E-state index in [9.17, 15) is 13.9 Å². The summed E-state index contributed by atoms with van der Waals surface area (Å²) in [4.78, 5) is 33.1. The predicted octanol–water partition coefficient (Wildman–Crippen LogP) is 2.33. The zero-order chi connectivity index (χ0) is 30.1. The van der Waals surface area contributed by atoms with Crippen LogP contribution >= 0.6 is 49.4 Å². The standard InChI is InChI=1S/C20H23N9O9P2S3/c21-15-13-17(25-5-23-15)28(7-27-13)12-2-9-11(36-12)4-34-40(32,42)38-10-1-8(3-33-39(31,41)37-9)35-19(10)29-18-14(43-20(29)30)16(22)24-6-26-18/h5-12,19H,1-4H2,(H,31,41)(H,32,42)(H2,21,23,25)(H2,22,24,26)/t8?,9-,10-,11-,12-,19-,39?,40?/m1/s1. The van der Waals surface area contributed by atoms with E-state index in [-0.39, 0.29) is 43.3 Å². The van der Waals surface area contributed by atoms with Gasteiger partial charge in [0, 0.05) is 12.8 Å². The van der Waals surface area contributed by atoms with Gasteiger partial charge in [-0.1, -0.05) is 35.8 Å². The molecule has 3 fully saturated rings. The number of ether oxygens (including phenoxy) is 2. The largest absolute Gasteiger partial charge is 0.386 e. The van der Waals surface area contributed by atoms with Crippen molar-refractivity contribution in [1.29, 1.82) is 0 Å². The first-order valence-corrected chi connectivity index (χ1v) is 18.9. The highest BCUT2D eigenvalue weighted by molar-refractivity contribution is 8.44. The van der Waals surface area contributed by atoms with Crippen LogP contribution in [0.15, 0.2) is 23.8 Å². The van der Waals surface area contributed by atoms with E-state index in [1.165, 1.54) is 23.5 Å². The Kier molecular flexibility index (Phi) is 7.57. The number of nitrogens with zero attached hydrogens (tertiary/aromatic N) is 7. The van der Waals surface area contributed by atoms with Gasteiger partial charge < -0.3 is 20.9 Å². The molecule has 4 N–H and O–H groups in total. The van der Waals surface area contributed by atoms with Crippen LogP contribution in [0.4, 0.5) is 11.6 Å². The van der Waals surface area contributed by atoms with Crippen LogP contribution in [-0.4, -0.2) is 71.7 Å². The summed E-state index contributed by atoms with van der Waals surface area (Å²) in [5, 5.41) is 0. The first-order chi connectivity index (χ1) is 20.5. The van der Waals surface area contributed by atoms with Crippen LogP contribution in [0.25, 0.3) is 21.5 Å². The van der Waals surface area contributed by atoms with Crippen LogP contribution in [0.2, 0.25) is 0 Å². The highest BCUT2D eigenvalue weighted by Gasteiger charge is 2.47. The molecule has 23 heteroatoms. The summed E-state index contributed by atoms with van der Waals surface area (Å²) in [6.45, 7) is -8.71. The van der Waals surface area contributed by atoms with E-state index in [4.69, 9.17) is 39.0 Å². The third-order valence-corrected chi connectivity index (χ3v) is 11.3. The van der Waals surface area contributed by atoms with Crippen molar-refractivity contribution < 1.29 is 36.7 Å². The van der Waals surface area contributed by atoms with Crippen LogP contribution in [0.5, 0.6) is 0 Å². The molecule has 18 nitrogen and oxygen atoms in total. The lowest BCUT2D eigenvalue weighted by Crippen LogP contribution is -2.30. The first-order valence-electron chi connectivity index (χ1n) is 12.6. The minimum absolute atomic E-state index is 0.0703. The van der Waals surface area contributed by atoms with Gasteiger partial charge in [-0.05, 0) is 0 Å². The molecule has 3 unspecified atom stereocenters. The van der Waals surface area contributed by atoms with Crippen molar-refractivity contribution in [2.45, 2.75) is 49.7 Å². The lowest BCUT2D eigenvalue weighted by molar-refractivity contribution is -0.0561. The molecule has 3 aliphatic heterocycles. The third-order valence-electron chi connectivity index (χ3n) is 7.07. The topological polar surface area (TPSA) is 233 Å². The average Bonchev–Trinajstić information content (AvgIpc) is 3.71. The molecule has 0 aliphatic carbocycles. The molecule has 3 saturated heterocycles. The summed E-state index contributed by atoms with van der Waals surface area (Å²) in [6.07, 6.45) is -1.23. The molecule has 4 aromatic rings. The van der Waals surface area contributed by atoms with Gasteiger partial charge in [-0.15, -0.1) is 0 Å². The normalized spacial score (nSPS) is 35.4. The van der Waals surface area contributed by atoms with Crippen LogP contribution in [0.1, 0.15) is 25.3 Å². The molecule has 0 saturated carbocycles. The fourth-order valence-corrected chi connectivity index (χ4v) is 9.10. The van der Waals surface area contributed by atoms with E-state index in [0.717, 1.165) is 11.3 Å². The molecule has 43 heavy (non-hydrogen) atoms. The summed E-state index contributed by atoms with van der Waals surface area (Å²) in [5.74, 6) is 0.304. The second-order valence-electron chi connectivity index (χ2n) is 9.80. The van der Waals surface area contributed by atoms with Crippen molar-refractivity contribution in [3.8, 4) is 0 Å². The number of nitrogens with two attached hydrogens (primary N) is 2. The summed E-state index contributed by atoms with van der Waals surface area (Å²) in [7, 11) is 0. The fourth-order valence-electron chi connectivity index (χ4n) is 5.20. The molecule has 7 rings (SSSR count).